The van der Waals surface area contributed by atoms with Gasteiger partial charge in [-0.1, -0.05) is 30.3 Å². The Morgan fingerprint density at radius 2 is 1.84 bits per heavy atom. The maximum atomic E-state index is 11.6. The van der Waals surface area contributed by atoms with Gasteiger partial charge in [0.05, 0.1) is 0 Å². The van der Waals surface area contributed by atoms with Gasteiger partial charge in [-0.3, -0.25) is 4.79 Å². The molecule has 1 aromatic carbocycles. The molecule has 1 rings (SSSR count). The molecule has 0 fully saturated rings. The number of hydrogen-bond acceptors (Lipinski definition) is 2. The topological polar surface area (TPSA) is 32.3 Å². The summed E-state index contributed by atoms with van der Waals surface area (Å²) in [5.41, 5.74) is 1.36. The van der Waals surface area contributed by atoms with Crippen LogP contribution in [0.2, 0.25) is 0 Å². The number of hydrogen-bond donors (Lipinski definition) is 1. The molecule has 1 N–H and O–H groups in total. The molecule has 0 bridgehead atoms. The van der Waals surface area contributed by atoms with Gasteiger partial charge in [0.1, 0.15) is 0 Å². The molecule has 1 aromatic rings. The summed E-state index contributed by atoms with van der Waals surface area (Å²) in [6.07, 6.45) is 4.77. The zero-order valence-corrected chi connectivity index (χ0v) is 12.2. The molecule has 0 spiro atoms. The Morgan fingerprint density at radius 1 is 1.11 bits per heavy atom. The fourth-order valence-electron chi connectivity index (χ4n) is 1.97. The minimum absolute atomic E-state index is 0.187. The molecule has 0 aliphatic carbocycles. The van der Waals surface area contributed by atoms with E-state index in [1.807, 2.05) is 20.2 Å². The third kappa shape index (κ3) is 8.38. The second-order valence-corrected chi connectivity index (χ2v) is 5.20. The molecule has 0 saturated carbocycles. The van der Waals surface area contributed by atoms with Gasteiger partial charge in [0.25, 0.3) is 0 Å². The summed E-state index contributed by atoms with van der Waals surface area (Å²) in [5, 5.41) is 2.97. The number of carbonyl (C=O) groups excluding carboxylic acids is 1. The first-order chi connectivity index (χ1) is 9.18. The lowest BCUT2D eigenvalue weighted by Crippen LogP contribution is -2.26. The lowest BCUT2D eigenvalue weighted by atomic mass is 10.1. The highest BCUT2D eigenvalue weighted by Crippen LogP contribution is 2.05. The van der Waals surface area contributed by atoms with E-state index in [-0.39, 0.29) is 5.91 Å². The quantitative estimate of drug-likeness (QED) is 0.693. The highest BCUT2D eigenvalue weighted by Gasteiger charge is 2.01. The van der Waals surface area contributed by atoms with Crippen LogP contribution in [0.15, 0.2) is 30.3 Å². The second kappa shape index (κ2) is 9.56. The van der Waals surface area contributed by atoms with E-state index in [2.05, 4.69) is 34.5 Å². The zero-order valence-electron chi connectivity index (χ0n) is 12.2. The van der Waals surface area contributed by atoms with Crippen LogP contribution in [0.1, 0.15) is 31.2 Å². The fraction of sp³-hybridized carbons (Fsp3) is 0.562. The average Bonchev–Trinajstić information content (AvgIpc) is 2.41. The van der Waals surface area contributed by atoms with Crippen molar-refractivity contribution >= 4 is 5.91 Å². The van der Waals surface area contributed by atoms with Crippen molar-refractivity contribution in [3.8, 4) is 0 Å². The van der Waals surface area contributed by atoms with Gasteiger partial charge >= 0.3 is 0 Å². The predicted octanol–water partition coefficient (Wildman–Crippen LogP) is 2.47. The number of rotatable bonds is 9. The molecule has 3 heteroatoms. The van der Waals surface area contributed by atoms with Crippen molar-refractivity contribution in [3.05, 3.63) is 35.9 Å². The van der Waals surface area contributed by atoms with Crippen molar-refractivity contribution in [3.63, 3.8) is 0 Å². The second-order valence-electron chi connectivity index (χ2n) is 5.20. The van der Waals surface area contributed by atoms with Gasteiger partial charge in [0.15, 0.2) is 0 Å². The van der Waals surface area contributed by atoms with Crippen LogP contribution in [0.25, 0.3) is 0 Å². The zero-order chi connectivity index (χ0) is 13.9. The fourth-order valence-corrected chi connectivity index (χ4v) is 1.97. The van der Waals surface area contributed by atoms with Crippen LogP contribution >= 0.6 is 0 Å². The van der Waals surface area contributed by atoms with Gasteiger partial charge in [0.2, 0.25) is 5.91 Å². The van der Waals surface area contributed by atoms with Crippen LogP contribution in [-0.2, 0) is 11.2 Å². The molecule has 0 radical (unpaired) electrons. The van der Waals surface area contributed by atoms with E-state index < -0.39 is 0 Å². The molecule has 19 heavy (non-hydrogen) atoms. The number of benzene rings is 1. The van der Waals surface area contributed by atoms with Crippen LogP contribution in [0, 0.1) is 0 Å². The van der Waals surface area contributed by atoms with Crippen LogP contribution in [0.5, 0.6) is 0 Å². The largest absolute Gasteiger partial charge is 0.356 e. The Hall–Kier alpha value is -1.35. The molecule has 0 aliphatic rings. The van der Waals surface area contributed by atoms with Crippen LogP contribution in [0.3, 0.4) is 0 Å². The van der Waals surface area contributed by atoms with Gasteiger partial charge in [0, 0.05) is 13.0 Å². The Kier molecular flexibility index (Phi) is 7.91. The monoisotopic (exact) mass is 262 g/mol. The smallest absolute Gasteiger partial charge is 0.219 e. The summed E-state index contributed by atoms with van der Waals surface area (Å²) >= 11 is 0. The van der Waals surface area contributed by atoms with Crippen molar-refractivity contribution in [2.75, 3.05) is 27.2 Å². The first kappa shape index (κ1) is 15.7. The van der Waals surface area contributed by atoms with E-state index in [4.69, 9.17) is 0 Å². The summed E-state index contributed by atoms with van der Waals surface area (Å²) in [5.74, 6) is 0.187. The molecular formula is C16H26N2O. The number of nitrogens with zero attached hydrogens (tertiary/aromatic N) is 1. The van der Waals surface area contributed by atoms with Crippen molar-refractivity contribution < 1.29 is 4.79 Å². The van der Waals surface area contributed by atoms with E-state index in [9.17, 15) is 4.79 Å². The van der Waals surface area contributed by atoms with Gasteiger partial charge in [-0.25, -0.2) is 0 Å². The molecule has 3 nitrogen and oxygen atoms in total. The number of carbonyl (C=O) groups is 1. The first-order valence-corrected chi connectivity index (χ1v) is 7.14. The Labute approximate surface area is 117 Å². The SMILES string of the molecule is CN(C)CCCNC(=O)CCCCc1ccccc1. The van der Waals surface area contributed by atoms with Crippen molar-refractivity contribution in [2.24, 2.45) is 0 Å². The molecule has 0 unspecified atom stereocenters. The predicted molar refractivity (Wildman–Crippen MR) is 80.2 cm³/mol. The Morgan fingerprint density at radius 3 is 2.53 bits per heavy atom. The minimum Gasteiger partial charge on any atom is -0.356 e. The van der Waals surface area contributed by atoms with E-state index in [0.717, 1.165) is 38.8 Å². The van der Waals surface area contributed by atoms with Crippen molar-refractivity contribution in [1.82, 2.24) is 10.2 Å². The van der Waals surface area contributed by atoms with Crippen molar-refractivity contribution in [2.45, 2.75) is 32.1 Å². The first-order valence-electron chi connectivity index (χ1n) is 7.14. The Balaban J connectivity index is 1.98. The molecule has 0 aromatic heterocycles. The summed E-state index contributed by atoms with van der Waals surface area (Å²) in [4.78, 5) is 13.7. The number of amides is 1. The molecular weight excluding hydrogens is 236 g/mol. The molecule has 0 atom stereocenters. The number of unbranched alkanes of at least 4 members (excludes halogenated alkanes) is 1. The molecule has 0 heterocycles. The van der Waals surface area contributed by atoms with E-state index in [1.54, 1.807) is 0 Å². The standard InChI is InChI=1S/C16H26N2O/c1-18(2)14-8-13-17-16(19)12-7-6-11-15-9-4-3-5-10-15/h3-5,9-10H,6-8,11-14H2,1-2H3,(H,17,19). The van der Waals surface area contributed by atoms with E-state index >= 15 is 0 Å². The van der Waals surface area contributed by atoms with E-state index in [1.165, 1.54) is 5.56 Å². The summed E-state index contributed by atoms with van der Waals surface area (Å²) in [7, 11) is 4.09. The lowest BCUT2D eigenvalue weighted by Gasteiger charge is -2.09. The molecule has 1 amide bonds. The van der Waals surface area contributed by atoms with Gasteiger partial charge in [-0.15, -0.1) is 0 Å². The molecule has 0 aliphatic heterocycles. The average molecular weight is 262 g/mol. The maximum Gasteiger partial charge on any atom is 0.219 e. The van der Waals surface area contributed by atoms with Gasteiger partial charge in [-0.2, -0.15) is 0 Å². The van der Waals surface area contributed by atoms with Gasteiger partial charge < -0.3 is 10.2 Å². The van der Waals surface area contributed by atoms with Crippen molar-refractivity contribution in [1.29, 1.82) is 0 Å². The Bertz CT molecular complexity index is 349. The minimum atomic E-state index is 0.187. The summed E-state index contributed by atoms with van der Waals surface area (Å²) in [6, 6.07) is 10.4. The molecule has 0 saturated heterocycles. The summed E-state index contributed by atoms with van der Waals surface area (Å²) < 4.78 is 0. The number of nitrogens with one attached hydrogen (secondary N) is 1. The van der Waals surface area contributed by atoms with Crippen LogP contribution < -0.4 is 5.32 Å². The van der Waals surface area contributed by atoms with Crippen LogP contribution in [-0.4, -0.2) is 38.0 Å². The highest BCUT2D eigenvalue weighted by atomic mass is 16.1. The highest BCUT2D eigenvalue weighted by molar-refractivity contribution is 5.75. The maximum absolute atomic E-state index is 11.6. The third-order valence-electron chi connectivity index (χ3n) is 3.07. The lowest BCUT2D eigenvalue weighted by molar-refractivity contribution is -0.121. The van der Waals surface area contributed by atoms with Gasteiger partial charge in [-0.05, 0) is 51.9 Å². The number of aryl methyl sites for hydroxylation is 1. The normalized spacial score (nSPS) is 10.7. The summed E-state index contributed by atoms with van der Waals surface area (Å²) in [6.45, 7) is 1.81. The van der Waals surface area contributed by atoms with Crippen LogP contribution in [0.4, 0.5) is 0 Å². The third-order valence-corrected chi connectivity index (χ3v) is 3.07. The van der Waals surface area contributed by atoms with E-state index in [0.29, 0.717) is 6.42 Å². The molecule has 106 valence electrons.